The second-order valence-electron chi connectivity index (χ2n) is 2.19. The summed E-state index contributed by atoms with van der Waals surface area (Å²) < 4.78 is 0. The van der Waals surface area contributed by atoms with Gasteiger partial charge in [-0.15, -0.1) is 0 Å². The van der Waals surface area contributed by atoms with E-state index in [0.29, 0.717) is 5.69 Å². The minimum atomic E-state index is 0.275. The highest BCUT2D eigenvalue weighted by molar-refractivity contribution is 5.62. The fourth-order valence-electron chi connectivity index (χ4n) is 1.04. The molecule has 0 amide bonds. The summed E-state index contributed by atoms with van der Waals surface area (Å²) in [4.78, 5) is 7.75. The summed E-state index contributed by atoms with van der Waals surface area (Å²) >= 11 is 0. The van der Waals surface area contributed by atoms with Gasteiger partial charge in [0.05, 0.1) is 0 Å². The van der Waals surface area contributed by atoms with Crippen LogP contribution in [0.5, 0.6) is 0 Å². The number of nitrogens with zero attached hydrogens (tertiary/aromatic N) is 2. The zero-order valence-electron chi connectivity index (χ0n) is 5.28. The monoisotopic (exact) mass is 134 g/mol. The van der Waals surface area contributed by atoms with E-state index in [9.17, 15) is 0 Å². The molecule has 1 aromatic rings. The predicted molar refractivity (Wildman–Crippen MR) is 36.3 cm³/mol. The van der Waals surface area contributed by atoms with Crippen LogP contribution in [0.15, 0.2) is 18.6 Å². The van der Waals surface area contributed by atoms with Gasteiger partial charge >= 0.3 is 0 Å². The minimum Gasteiger partial charge on any atom is -0.506 e. The van der Waals surface area contributed by atoms with E-state index in [0.717, 1.165) is 12.0 Å². The molecule has 1 heterocycles. The van der Waals surface area contributed by atoms with Gasteiger partial charge in [-0.2, -0.15) is 0 Å². The lowest BCUT2D eigenvalue weighted by molar-refractivity contribution is 0.510. The molecule has 0 fully saturated rings. The zero-order chi connectivity index (χ0) is 6.97. The number of allylic oxidation sites excluding steroid dienone is 1. The molecule has 3 nitrogen and oxygen atoms in total. The van der Waals surface area contributed by atoms with Crippen LogP contribution in [-0.2, 0) is 6.42 Å². The summed E-state index contributed by atoms with van der Waals surface area (Å²) in [5, 5.41) is 9.15. The van der Waals surface area contributed by atoms with Crippen molar-refractivity contribution in [2.75, 3.05) is 0 Å². The number of aliphatic hydroxyl groups excluding tert-OH is 1. The molecule has 1 aromatic heterocycles. The lowest BCUT2D eigenvalue weighted by Gasteiger charge is -1.94. The Kier molecular flexibility index (Phi) is 0.974. The van der Waals surface area contributed by atoms with Crippen LogP contribution in [0, 0.1) is 0 Å². The fraction of sp³-hybridized carbons (Fsp3) is 0.143. The summed E-state index contributed by atoms with van der Waals surface area (Å²) in [6.07, 6.45) is 5.65. The van der Waals surface area contributed by atoms with Crippen molar-refractivity contribution < 1.29 is 5.11 Å². The SMILES string of the molecule is OC1=CCc2cncnc21. The van der Waals surface area contributed by atoms with E-state index >= 15 is 0 Å². The highest BCUT2D eigenvalue weighted by Crippen LogP contribution is 2.20. The lowest BCUT2D eigenvalue weighted by atomic mass is 10.2. The first-order valence-electron chi connectivity index (χ1n) is 3.06. The summed E-state index contributed by atoms with van der Waals surface area (Å²) in [5.41, 5.74) is 1.68. The Bertz CT molecular complexity index is 293. The van der Waals surface area contributed by atoms with E-state index < -0.39 is 0 Å². The number of aromatic nitrogens is 2. The number of hydrogen-bond donors (Lipinski definition) is 1. The summed E-state index contributed by atoms with van der Waals surface area (Å²) in [7, 11) is 0. The van der Waals surface area contributed by atoms with Gasteiger partial charge in [0, 0.05) is 11.8 Å². The molecule has 1 aliphatic carbocycles. The van der Waals surface area contributed by atoms with Crippen molar-refractivity contribution in [1.82, 2.24) is 9.97 Å². The van der Waals surface area contributed by atoms with Gasteiger partial charge in [0.2, 0.25) is 0 Å². The second kappa shape index (κ2) is 1.80. The van der Waals surface area contributed by atoms with Crippen molar-refractivity contribution in [3.8, 4) is 0 Å². The Balaban J connectivity index is 2.61. The smallest absolute Gasteiger partial charge is 0.137 e. The van der Waals surface area contributed by atoms with Gasteiger partial charge < -0.3 is 5.11 Å². The van der Waals surface area contributed by atoms with Crippen molar-refractivity contribution in [1.29, 1.82) is 0 Å². The quantitative estimate of drug-likeness (QED) is 0.574. The molecule has 0 atom stereocenters. The molecule has 0 radical (unpaired) electrons. The molecule has 3 heteroatoms. The molecule has 0 aliphatic heterocycles. The van der Waals surface area contributed by atoms with Gasteiger partial charge in [-0.05, 0) is 12.5 Å². The molecule has 0 saturated heterocycles. The van der Waals surface area contributed by atoms with Gasteiger partial charge in [0.1, 0.15) is 17.8 Å². The van der Waals surface area contributed by atoms with Crippen LogP contribution in [0.3, 0.4) is 0 Å². The van der Waals surface area contributed by atoms with Gasteiger partial charge in [0.15, 0.2) is 0 Å². The number of aliphatic hydroxyl groups is 1. The molecule has 0 bridgehead atoms. The Morgan fingerprint density at radius 3 is 3.20 bits per heavy atom. The third-order valence-electron chi connectivity index (χ3n) is 1.55. The molecular weight excluding hydrogens is 128 g/mol. The Labute approximate surface area is 58.1 Å². The van der Waals surface area contributed by atoms with Crippen molar-refractivity contribution in [3.63, 3.8) is 0 Å². The van der Waals surface area contributed by atoms with E-state index in [4.69, 9.17) is 5.11 Å². The molecule has 1 N–H and O–H groups in total. The number of rotatable bonds is 0. The largest absolute Gasteiger partial charge is 0.506 e. The van der Waals surface area contributed by atoms with Gasteiger partial charge in [-0.1, -0.05) is 0 Å². The third kappa shape index (κ3) is 0.603. The summed E-state index contributed by atoms with van der Waals surface area (Å²) in [5.74, 6) is 0.275. The van der Waals surface area contributed by atoms with Gasteiger partial charge in [0.25, 0.3) is 0 Å². The number of hydrogen-bond acceptors (Lipinski definition) is 3. The normalized spacial score (nSPS) is 14.6. The molecule has 0 spiro atoms. The van der Waals surface area contributed by atoms with Crippen molar-refractivity contribution in [3.05, 3.63) is 29.9 Å². The van der Waals surface area contributed by atoms with E-state index in [1.54, 1.807) is 12.3 Å². The summed E-state index contributed by atoms with van der Waals surface area (Å²) in [6, 6.07) is 0. The van der Waals surface area contributed by atoms with Gasteiger partial charge in [-0.25, -0.2) is 9.97 Å². The average molecular weight is 134 g/mol. The van der Waals surface area contributed by atoms with Crippen molar-refractivity contribution in [2.24, 2.45) is 0 Å². The minimum absolute atomic E-state index is 0.275. The van der Waals surface area contributed by atoms with E-state index in [1.807, 2.05) is 0 Å². The first-order valence-corrected chi connectivity index (χ1v) is 3.06. The van der Waals surface area contributed by atoms with E-state index in [1.165, 1.54) is 6.33 Å². The van der Waals surface area contributed by atoms with Crippen LogP contribution >= 0.6 is 0 Å². The molecule has 50 valence electrons. The maximum absolute atomic E-state index is 9.15. The maximum Gasteiger partial charge on any atom is 0.137 e. The molecule has 2 rings (SSSR count). The molecule has 0 unspecified atom stereocenters. The van der Waals surface area contributed by atoms with Gasteiger partial charge in [-0.3, -0.25) is 0 Å². The fourth-order valence-corrected chi connectivity index (χ4v) is 1.04. The van der Waals surface area contributed by atoms with Crippen LogP contribution in [-0.4, -0.2) is 15.1 Å². The standard InChI is InChI=1S/C7H6N2O/c10-6-2-1-5-3-8-4-9-7(5)6/h2-4,10H,1H2. The van der Waals surface area contributed by atoms with Crippen molar-refractivity contribution >= 4 is 5.76 Å². The summed E-state index contributed by atoms with van der Waals surface area (Å²) in [6.45, 7) is 0. The molecule has 1 aliphatic rings. The topological polar surface area (TPSA) is 46.0 Å². The van der Waals surface area contributed by atoms with Crippen LogP contribution in [0.4, 0.5) is 0 Å². The zero-order valence-corrected chi connectivity index (χ0v) is 5.28. The van der Waals surface area contributed by atoms with Crippen LogP contribution in [0.2, 0.25) is 0 Å². The van der Waals surface area contributed by atoms with Crippen LogP contribution < -0.4 is 0 Å². The van der Waals surface area contributed by atoms with Crippen molar-refractivity contribution in [2.45, 2.75) is 6.42 Å². The number of fused-ring (bicyclic) bond motifs is 1. The van der Waals surface area contributed by atoms with Crippen LogP contribution in [0.1, 0.15) is 11.3 Å². The lowest BCUT2D eigenvalue weighted by Crippen LogP contribution is -1.89. The predicted octanol–water partition coefficient (Wildman–Crippen LogP) is 0.932. The third-order valence-corrected chi connectivity index (χ3v) is 1.55. The Morgan fingerprint density at radius 1 is 1.50 bits per heavy atom. The first kappa shape index (κ1) is 5.41. The molecular formula is C7H6N2O. The second-order valence-corrected chi connectivity index (χ2v) is 2.19. The average Bonchev–Trinajstić information content (AvgIpc) is 2.34. The van der Waals surface area contributed by atoms with Crippen LogP contribution in [0.25, 0.3) is 5.76 Å². The Hall–Kier alpha value is -1.38. The maximum atomic E-state index is 9.15. The highest BCUT2D eigenvalue weighted by atomic mass is 16.3. The molecule has 0 aromatic carbocycles. The Morgan fingerprint density at radius 2 is 2.40 bits per heavy atom. The highest BCUT2D eigenvalue weighted by Gasteiger charge is 2.12. The molecule has 10 heavy (non-hydrogen) atoms. The molecule has 0 saturated carbocycles. The van der Waals surface area contributed by atoms with E-state index in [-0.39, 0.29) is 5.76 Å². The van der Waals surface area contributed by atoms with E-state index in [2.05, 4.69) is 9.97 Å². The first-order chi connectivity index (χ1) is 4.88.